The standard InChI is InChI=1S/C21H27NO3/c1-5-20(25-19-8-6-7-15(2)13-19)21(23)22-11-12-24-18-10-9-16(3)17(4)14-18/h6-10,13-14,20H,5,11-12H2,1-4H3,(H,22,23)/t20-/m1/s1. The van der Waals surface area contributed by atoms with Gasteiger partial charge in [-0.1, -0.05) is 25.1 Å². The molecule has 2 aromatic rings. The van der Waals surface area contributed by atoms with Crippen LogP contribution in [0.1, 0.15) is 30.0 Å². The molecule has 0 fully saturated rings. The number of benzene rings is 2. The van der Waals surface area contributed by atoms with Gasteiger partial charge in [-0.2, -0.15) is 0 Å². The normalized spacial score (nSPS) is 11.7. The van der Waals surface area contributed by atoms with E-state index in [0.717, 1.165) is 11.3 Å². The van der Waals surface area contributed by atoms with Gasteiger partial charge in [-0.3, -0.25) is 4.79 Å². The zero-order valence-electron chi connectivity index (χ0n) is 15.5. The van der Waals surface area contributed by atoms with Crippen molar-refractivity contribution < 1.29 is 14.3 Å². The minimum absolute atomic E-state index is 0.118. The lowest BCUT2D eigenvalue weighted by Crippen LogP contribution is -2.39. The second kappa shape index (κ2) is 9.11. The van der Waals surface area contributed by atoms with E-state index in [4.69, 9.17) is 9.47 Å². The van der Waals surface area contributed by atoms with Crippen molar-refractivity contribution >= 4 is 5.91 Å². The number of hydrogen-bond acceptors (Lipinski definition) is 3. The van der Waals surface area contributed by atoms with Gasteiger partial charge in [0.05, 0.1) is 6.54 Å². The second-order valence-corrected chi connectivity index (χ2v) is 6.22. The highest BCUT2D eigenvalue weighted by molar-refractivity contribution is 5.81. The predicted octanol–water partition coefficient (Wildman–Crippen LogP) is 3.96. The smallest absolute Gasteiger partial charge is 0.261 e. The molecule has 0 saturated heterocycles. The summed E-state index contributed by atoms with van der Waals surface area (Å²) < 4.78 is 11.5. The van der Waals surface area contributed by atoms with E-state index in [1.165, 1.54) is 11.1 Å². The molecule has 0 aliphatic carbocycles. The Morgan fingerprint density at radius 2 is 1.84 bits per heavy atom. The van der Waals surface area contributed by atoms with Crippen LogP contribution < -0.4 is 14.8 Å². The average Bonchev–Trinajstić information content (AvgIpc) is 2.59. The molecule has 134 valence electrons. The Kier molecular flexibility index (Phi) is 6.87. The fourth-order valence-corrected chi connectivity index (χ4v) is 2.44. The molecule has 1 amide bonds. The molecule has 2 aromatic carbocycles. The summed E-state index contributed by atoms with van der Waals surface area (Å²) in [5.74, 6) is 1.42. The summed E-state index contributed by atoms with van der Waals surface area (Å²) in [5.41, 5.74) is 3.54. The number of ether oxygens (including phenoxy) is 2. The van der Waals surface area contributed by atoms with E-state index in [1.54, 1.807) is 0 Å². The average molecular weight is 341 g/mol. The van der Waals surface area contributed by atoms with Crippen LogP contribution in [-0.2, 0) is 4.79 Å². The Morgan fingerprint density at radius 1 is 1.04 bits per heavy atom. The van der Waals surface area contributed by atoms with Gasteiger partial charge in [0.15, 0.2) is 6.10 Å². The van der Waals surface area contributed by atoms with E-state index in [0.29, 0.717) is 25.3 Å². The van der Waals surface area contributed by atoms with Crippen LogP contribution in [0.5, 0.6) is 11.5 Å². The highest BCUT2D eigenvalue weighted by Crippen LogP contribution is 2.17. The summed E-state index contributed by atoms with van der Waals surface area (Å²) in [6.07, 6.45) is 0.112. The molecule has 0 aliphatic rings. The van der Waals surface area contributed by atoms with Crippen LogP contribution in [0, 0.1) is 20.8 Å². The third-order valence-electron chi connectivity index (χ3n) is 4.08. The van der Waals surface area contributed by atoms with Crippen molar-refractivity contribution in [1.82, 2.24) is 5.32 Å². The quantitative estimate of drug-likeness (QED) is 0.739. The molecule has 0 bridgehead atoms. The molecule has 1 atom stereocenters. The van der Waals surface area contributed by atoms with Gasteiger partial charge in [-0.25, -0.2) is 0 Å². The maximum Gasteiger partial charge on any atom is 0.261 e. The van der Waals surface area contributed by atoms with Gasteiger partial charge in [0.1, 0.15) is 18.1 Å². The van der Waals surface area contributed by atoms with Gasteiger partial charge in [-0.15, -0.1) is 0 Å². The van der Waals surface area contributed by atoms with E-state index < -0.39 is 6.10 Å². The van der Waals surface area contributed by atoms with Crippen LogP contribution >= 0.6 is 0 Å². The lowest BCUT2D eigenvalue weighted by atomic mass is 10.1. The van der Waals surface area contributed by atoms with Crippen LogP contribution in [0.2, 0.25) is 0 Å². The number of amides is 1. The number of nitrogens with one attached hydrogen (secondary N) is 1. The predicted molar refractivity (Wildman–Crippen MR) is 100 cm³/mol. The first-order valence-electron chi connectivity index (χ1n) is 8.70. The summed E-state index contributed by atoms with van der Waals surface area (Å²) in [6, 6.07) is 13.7. The largest absolute Gasteiger partial charge is 0.492 e. The first-order chi connectivity index (χ1) is 12.0. The van der Waals surface area contributed by atoms with Gasteiger partial charge in [0.25, 0.3) is 5.91 Å². The van der Waals surface area contributed by atoms with Crippen LogP contribution in [0.15, 0.2) is 42.5 Å². The molecule has 2 rings (SSSR count). The van der Waals surface area contributed by atoms with Crippen LogP contribution in [0.4, 0.5) is 0 Å². The lowest BCUT2D eigenvalue weighted by molar-refractivity contribution is -0.128. The topological polar surface area (TPSA) is 47.6 Å². The zero-order chi connectivity index (χ0) is 18.2. The second-order valence-electron chi connectivity index (χ2n) is 6.22. The molecule has 0 spiro atoms. The minimum Gasteiger partial charge on any atom is -0.492 e. The van der Waals surface area contributed by atoms with Crippen molar-refractivity contribution in [3.8, 4) is 11.5 Å². The van der Waals surface area contributed by atoms with Crippen molar-refractivity contribution in [2.75, 3.05) is 13.2 Å². The zero-order valence-corrected chi connectivity index (χ0v) is 15.5. The van der Waals surface area contributed by atoms with Crippen LogP contribution in [0.3, 0.4) is 0 Å². The number of hydrogen-bond donors (Lipinski definition) is 1. The van der Waals surface area contributed by atoms with E-state index in [-0.39, 0.29) is 5.91 Å². The van der Waals surface area contributed by atoms with Crippen LogP contribution in [-0.4, -0.2) is 25.2 Å². The number of carbonyl (C=O) groups excluding carboxylic acids is 1. The lowest BCUT2D eigenvalue weighted by Gasteiger charge is -2.17. The Morgan fingerprint density at radius 3 is 2.52 bits per heavy atom. The Bertz CT molecular complexity index is 712. The summed E-state index contributed by atoms with van der Waals surface area (Å²) in [5, 5.41) is 2.88. The number of aryl methyl sites for hydroxylation is 3. The summed E-state index contributed by atoms with van der Waals surface area (Å²) >= 11 is 0. The fourth-order valence-electron chi connectivity index (χ4n) is 2.44. The molecule has 25 heavy (non-hydrogen) atoms. The maximum atomic E-state index is 12.3. The third kappa shape index (κ3) is 5.82. The summed E-state index contributed by atoms with van der Waals surface area (Å²) in [4.78, 5) is 12.3. The van der Waals surface area contributed by atoms with E-state index in [1.807, 2.05) is 56.3 Å². The Hall–Kier alpha value is -2.49. The molecule has 0 unspecified atom stereocenters. The van der Waals surface area contributed by atoms with Gasteiger partial charge in [0, 0.05) is 0 Å². The van der Waals surface area contributed by atoms with Crippen molar-refractivity contribution in [2.24, 2.45) is 0 Å². The van der Waals surface area contributed by atoms with Crippen molar-refractivity contribution in [1.29, 1.82) is 0 Å². The molecular formula is C21H27NO3. The van der Waals surface area contributed by atoms with Gasteiger partial charge >= 0.3 is 0 Å². The van der Waals surface area contributed by atoms with Gasteiger partial charge < -0.3 is 14.8 Å². The van der Waals surface area contributed by atoms with Crippen molar-refractivity contribution in [3.63, 3.8) is 0 Å². The summed E-state index contributed by atoms with van der Waals surface area (Å²) in [6.45, 7) is 8.93. The van der Waals surface area contributed by atoms with E-state index in [9.17, 15) is 4.79 Å². The monoisotopic (exact) mass is 341 g/mol. The minimum atomic E-state index is -0.497. The van der Waals surface area contributed by atoms with E-state index in [2.05, 4.69) is 19.2 Å². The Balaban J connectivity index is 1.78. The third-order valence-corrected chi connectivity index (χ3v) is 4.08. The van der Waals surface area contributed by atoms with Gasteiger partial charge in [0.2, 0.25) is 0 Å². The first kappa shape index (κ1) is 18.8. The summed E-state index contributed by atoms with van der Waals surface area (Å²) in [7, 11) is 0. The highest BCUT2D eigenvalue weighted by Gasteiger charge is 2.17. The molecule has 0 aliphatic heterocycles. The molecule has 0 saturated carbocycles. The first-order valence-corrected chi connectivity index (χ1v) is 8.70. The molecule has 4 heteroatoms. The number of carbonyl (C=O) groups is 1. The molecule has 4 nitrogen and oxygen atoms in total. The Labute approximate surface area is 150 Å². The molecule has 0 heterocycles. The maximum absolute atomic E-state index is 12.3. The molecule has 0 aromatic heterocycles. The highest BCUT2D eigenvalue weighted by atomic mass is 16.5. The van der Waals surface area contributed by atoms with Crippen molar-refractivity contribution in [3.05, 3.63) is 59.2 Å². The fraction of sp³-hybridized carbons (Fsp3) is 0.381. The molecule has 1 N–H and O–H groups in total. The van der Waals surface area contributed by atoms with Gasteiger partial charge in [-0.05, 0) is 68.1 Å². The van der Waals surface area contributed by atoms with Crippen molar-refractivity contribution in [2.45, 2.75) is 40.2 Å². The molecular weight excluding hydrogens is 314 g/mol. The van der Waals surface area contributed by atoms with E-state index >= 15 is 0 Å². The SMILES string of the molecule is CC[C@@H](Oc1cccc(C)c1)C(=O)NCCOc1ccc(C)c(C)c1. The number of rotatable bonds is 8. The van der Waals surface area contributed by atoms with Crippen LogP contribution in [0.25, 0.3) is 0 Å². The molecule has 0 radical (unpaired) electrons.